The van der Waals surface area contributed by atoms with Crippen LogP contribution in [0.2, 0.25) is 5.15 Å². The number of hydrogen-bond acceptors (Lipinski definition) is 1. The molecule has 1 aliphatic rings. The molecule has 0 bridgehead atoms. The Bertz CT molecular complexity index is 676. The van der Waals surface area contributed by atoms with Crippen LogP contribution in [-0.4, -0.2) is 9.55 Å². The molecule has 0 aliphatic carbocycles. The number of rotatable bonds is 1. The molecule has 0 N–H and O–H groups in total. The summed E-state index contributed by atoms with van der Waals surface area (Å²) in [5, 5.41) is 0.397. The molecular formula is C15H14ClF3N2. The summed E-state index contributed by atoms with van der Waals surface area (Å²) in [5.74, 6) is 0.522. The number of hydrogen-bond donors (Lipinski definition) is 0. The molecule has 1 aromatic carbocycles. The Morgan fingerprint density at radius 1 is 1.33 bits per heavy atom. The molecule has 0 spiro atoms. The molecule has 0 amide bonds. The van der Waals surface area contributed by atoms with E-state index < -0.39 is 11.7 Å². The summed E-state index contributed by atoms with van der Waals surface area (Å²) in [4.78, 5) is 4.30. The maximum absolute atomic E-state index is 12.9. The van der Waals surface area contributed by atoms with Gasteiger partial charge >= 0.3 is 6.18 Å². The van der Waals surface area contributed by atoms with E-state index in [1.165, 1.54) is 6.07 Å². The highest BCUT2D eigenvalue weighted by Gasteiger charge is 2.31. The van der Waals surface area contributed by atoms with Gasteiger partial charge in [-0.15, -0.1) is 0 Å². The zero-order valence-corrected chi connectivity index (χ0v) is 12.2. The van der Waals surface area contributed by atoms with Crippen LogP contribution in [0.15, 0.2) is 24.3 Å². The quantitative estimate of drug-likeness (QED) is 0.714. The summed E-state index contributed by atoms with van der Waals surface area (Å²) in [6, 6.07) is 5.43. The van der Waals surface area contributed by atoms with Gasteiger partial charge in [0.1, 0.15) is 5.82 Å². The summed E-state index contributed by atoms with van der Waals surface area (Å²) in [6.45, 7) is 2.04. The van der Waals surface area contributed by atoms with Crippen LogP contribution in [-0.2, 0) is 12.6 Å². The van der Waals surface area contributed by atoms with Crippen molar-refractivity contribution >= 4 is 11.6 Å². The fourth-order valence-corrected chi connectivity index (χ4v) is 3.13. The number of aromatic nitrogens is 2. The first-order valence-electron chi connectivity index (χ1n) is 6.82. The van der Waals surface area contributed by atoms with E-state index in [2.05, 4.69) is 4.98 Å². The van der Waals surface area contributed by atoms with E-state index in [1.807, 2.05) is 11.5 Å². The highest BCUT2D eigenvalue weighted by atomic mass is 35.5. The first kappa shape index (κ1) is 14.4. The maximum Gasteiger partial charge on any atom is 0.416 e. The SMILES string of the molecule is CC1CCCc2c(Cl)nc(-c3cccc(C(F)(F)F)c3)n21. The van der Waals surface area contributed by atoms with Gasteiger partial charge in [0, 0.05) is 11.6 Å². The minimum atomic E-state index is -4.36. The molecule has 1 aliphatic heterocycles. The van der Waals surface area contributed by atoms with E-state index in [0.29, 0.717) is 16.5 Å². The smallest absolute Gasteiger partial charge is 0.324 e. The Labute approximate surface area is 125 Å². The topological polar surface area (TPSA) is 17.8 Å². The van der Waals surface area contributed by atoms with Crippen LogP contribution in [0.3, 0.4) is 0 Å². The second-order valence-corrected chi connectivity index (χ2v) is 5.72. The van der Waals surface area contributed by atoms with Gasteiger partial charge in [-0.1, -0.05) is 23.7 Å². The standard InChI is InChI=1S/C15H14ClF3N2/c1-9-4-2-7-12-13(16)20-14(21(9)12)10-5-3-6-11(8-10)15(17,18)19/h3,5-6,8-9H,2,4,7H2,1H3. The van der Waals surface area contributed by atoms with Gasteiger partial charge in [0.05, 0.1) is 11.3 Å². The van der Waals surface area contributed by atoms with Crippen LogP contribution in [0.5, 0.6) is 0 Å². The summed E-state index contributed by atoms with van der Waals surface area (Å²) < 4.78 is 40.5. The average molecular weight is 315 g/mol. The second-order valence-electron chi connectivity index (χ2n) is 5.36. The third-order valence-corrected chi connectivity index (χ3v) is 4.19. The lowest BCUT2D eigenvalue weighted by Crippen LogP contribution is -2.16. The van der Waals surface area contributed by atoms with Crippen LogP contribution in [0, 0.1) is 0 Å². The van der Waals surface area contributed by atoms with Crippen molar-refractivity contribution in [2.75, 3.05) is 0 Å². The monoisotopic (exact) mass is 314 g/mol. The highest BCUT2D eigenvalue weighted by molar-refractivity contribution is 6.30. The van der Waals surface area contributed by atoms with Gasteiger partial charge in [-0.2, -0.15) is 13.2 Å². The number of nitrogens with zero attached hydrogens (tertiary/aromatic N) is 2. The lowest BCUT2D eigenvalue weighted by atomic mass is 10.0. The van der Waals surface area contributed by atoms with Crippen molar-refractivity contribution in [1.29, 1.82) is 0 Å². The molecule has 0 saturated carbocycles. The van der Waals surface area contributed by atoms with E-state index in [-0.39, 0.29) is 6.04 Å². The third-order valence-electron chi connectivity index (χ3n) is 3.89. The number of halogens is 4. The highest BCUT2D eigenvalue weighted by Crippen LogP contribution is 2.37. The van der Waals surface area contributed by atoms with E-state index in [0.717, 1.165) is 37.1 Å². The number of alkyl halides is 3. The predicted molar refractivity (Wildman–Crippen MR) is 75.3 cm³/mol. The molecule has 112 valence electrons. The van der Waals surface area contributed by atoms with E-state index in [9.17, 15) is 13.2 Å². The van der Waals surface area contributed by atoms with Crippen LogP contribution >= 0.6 is 11.6 Å². The summed E-state index contributed by atoms with van der Waals surface area (Å²) in [7, 11) is 0. The molecule has 21 heavy (non-hydrogen) atoms. The van der Waals surface area contributed by atoms with E-state index >= 15 is 0 Å². The van der Waals surface area contributed by atoms with E-state index in [4.69, 9.17) is 11.6 Å². The van der Waals surface area contributed by atoms with Crippen molar-refractivity contribution in [3.8, 4) is 11.4 Å². The Hall–Kier alpha value is -1.49. The molecule has 0 saturated heterocycles. The first-order chi connectivity index (χ1) is 9.88. The number of benzene rings is 1. The molecule has 1 unspecified atom stereocenters. The molecule has 6 heteroatoms. The molecule has 2 aromatic rings. The first-order valence-corrected chi connectivity index (χ1v) is 7.20. The minimum absolute atomic E-state index is 0.193. The predicted octanol–water partition coefficient (Wildman–Crippen LogP) is 5.12. The van der Waals surface area contributed by atoms with Crippen LogP contribution < -0.4 is 0 Å². The van der Waals surface area contributed by atoms with Crippen LogP contribution in [0.25, 0.3) is 11.4 Å². The van der Waals surface area contributed by atoms with Gasteiger partial charge in [-0.3, -0.25) is 0 Å². The van der Waals surface area contributed by atoms with Crippen molar-refractivity contribution in [3.63, 3.8) is 0 Å². The van der Waals surface area contributed by atoms with Gasteiger partial charge in [-0.25, -0.2) is 4.98 Å². The zero-order valence-electron chi connectivity index (χ0n) is 11.4. The molecule has 1 aromatic heterocycles. The van der Waals surface area contributed by atoms with Gasteiger partial charge in [0.15, 0.2) is 5.15 Å². The van der Waals surface area contributed by atoms with Crippen molar-refractivity contribution in [2.24, 2.45) is 0 Å². The summed E-state index contributed by atoms with van der Waals surface area (Å²) in [5.41, 5.74) is 0.700. The lowest BCUT2D eigenvalue weighted by Gasteiger charge is -2.24. The number of fused-ring (bicyclic) bond motifs is 1. The van der Waals surface area contributed by atoms with Gasteiger partial charge in [-0.05, 0) is 38.3 Å². The van der Waals surface area contributed by atoms with Gasteiger partial charge < -0.3 is 4.57 Å². The normalized spacial score (nSPS) is 18.6. The molecule has 0 radical (unpaired) electrons. The van der Waals surface area contributed by atoms with Crippen LogP contribution in [0.4, 0.5) is 13.2 Å². The van der Waals surface area contributed by atoms with Gasteiger partial charge in [0.2, 0.25) is 0 Å². The molecule has 1 atom stereocenters. The van der Waals surface area contributed by atoms with Crippen molar-refractivity contribution in [3.05, 3.63) is 40.7 Å². The number of imidazole rings is 1. The molecule has 3 rings (SSSR count). The van der Waals surface area contributed by atoms with Crippen molar-refractivity contribution < 1.29 is 13.2 Å². The lowest BCUT2D eigenvalue weighted by molar-refractivity contribution is -0.137. The van der Waals surface area contributed by atoms with Crippen molar-refractivity contribution in [1.82, 2.24) is 9.55 Å². The fourth-order valence-electron chi connectivity index (χ4n) is 2.87. The Morgan fingerprint density at radius 2 is 2.10 bits per heavy atom. The largest absolute Gasteiger partial charge is 0.416 e. The van der Waals surface area contributed by atoms with E-state index in [1.54, 1.807) is 6.07 Å². The Morgan fingerprint density at radius 3 is 2.81 bits per heavy atom. The average Bonchev–Trinajstić information content (AvgIpc) is 2.77. The van der Waals surface area contributed by atoms with Crippen molar-refractivity contribution in [2.45, 2.75) is 38.4 Å². The Kier molecular flexibility index (Phi) is 3.48. The molecule has 2 heterocycles. The van der Waals surface area contributed by atoms with Gasteiger partial charge in [0.25, 0.3) is 0 Å². The fraction of sp³-hybridized carbons (Fsp3) is 0.400. The third kappa shape index (κ3) is 2.55. The summed E-state index contributed by atoms with van der Waals surface area (Å²) in [6.07, 6.45) is -1.54. The maximum atomic E-state index is 12.9. The molecule has 0 fully saturated rings. The Balaban J connectivity index is 2.14. The minimum Gasteiger partial charge on any atom is -0.324 e. The molecular weight excluding hydrogens is 301 g/mol. The van der Waals surface area contributed by atoms with Crippen LogP contribution in [0.1, 0.15) is 37.1 Å². The molecule has 2 nitrogen and oxygen atoms in total. The zero-order chi connectivity index (χ0) is 15.2. The summed E-state index contributed by atoms with van der Waals surface area (Å²) >= 11 is 6.15. The second kappa shape index (κ2) is 5.05.